The van der Waals surface area contributed by atoms with E-state index in [1.165, 1.54) is 0 Å². The fraction of sp³-hybridized carbons (Fsp3) is 0.467. The van der Waals surface area contributed by atoms with Crippen molar-refractivity contribution in [2.24, 2.45) is 5.92 Å². The van der Waals surface area contributed by atoms with Crippen LogP contribution in [0.2, 0.25) is 0 Å². The molecule has 1 aliphatic heterocycles. The van der Waals surface area contributed by atoms with Crippen molar-refractivity contribution in [3.63, 3.8) is 0 Å². The number of nitrogens with one attached hydrogen (secondary N) is 2. The molecule has 1 saturated heterocycles. The normalized spacial score (nSPS) is 18.5. The number of hydrogen-bond acceptors (Lipinski definition) is 3. The molecule has 5 nitrogen and oxygen atoms in total. The summed E-state index contributed by atoms with van der Waals surface area (Å²) < 4.78 is 0. The van der Waals surface area contributed by atoms with Crippen molar-refractivity contribution in [1.82, 2.24) is 10.6 Å². The number of rotatable bonds is 5. The Morgan fingerprint density at radius 1 is 1.40 bits per heavy atom. The van der Waals surface area contributed by atoms with Crippen LogP contribution < -0.4 is 10.6 Å². The van der Waals surface area contributed by atoms with Crippen molar-refractivity contribution in [2.75, 3.05) is 13.1 Å². The molecule has 0 radical (unpaired) electrons. The van der Waals surface area contributed by atoms with E-state index in [2.05, 4.69) is 10.6 Å². The molecule has 1 heterocycles. The number of piperidine rings is 1. The standard InChI is InChI=1S/C15H20N2O3/c18-14(8-12-4-2-6-16-9-12)17-10-11-3-1-5-13(7-11)15(19)20/h1,3,5,7,12,16H,2,4,6,8-10H2,(H,17,18)(H,19,20). The molecule has 0 aliphatic carbocycles. The molecule has 108 valence electrons. The molecule has 1 unspecified atom stereocenters. The summed E-state index contributed by atoms with van der Waals surface area (Å²) in [6.07, 6.45) is 2.75. The predicted octanol–water partition coefficient (Wildman–Crippen LogP) is 1.39. The topological polar surface area (TPSA) is 78.4 Å². The van der Waals surface area contributed by atoms with Gasteiger partial charge in [0.25, 0.3) is 0 Å². The monoisotopic (exact) mass is 276 g/mol. The van der Waals surface area contributed by atoms with E-state index in [-0.39, 0.29) is 11.5 Å². The van der Waals surface area contributed by atoms with E-state index in [0.717, 1.165) is 31.5 Å². The van der Waals surface area contributed by atoms with E-state index in [9.17, 15) is 9.59 Å². The van der Waals surface area contributed by atoms with Crippen LogP contribution in [-0.2, 0) is 11.3 Å². The summed E-state index contributed by atoms with van der Waals surface area (Å²) in [5.41, 5.74) is 1.05. The predicted molar refractivity (Wildman–Crippen MR) is 75.5 cm³/mol. The van der Waals surface area contributed by atoms with Crippen molar-refractivity contribution < 1.29 is 14.7 Å². The Kier molecular flexibility index (Phi) is 5.12. The van der Waals surface area contributed by atoms with Crippen molar-refractivity contribution in [2.45, 2.75) is 25.8 Å². The minimum atomic E-state index is -0.952. The number of carboxylic acids is 1. The highest BCUT2D eigenvalue weighted by atomic mass is 16.4. The van der Waals surface area contributed by atoms with E-state index >= 15 is 0 Å². The lowest BCUT2D eigenvalue weighted by molar-refractivity contribution is -0.122. The van der Waals surface area contributed by atoms with E-state index in [1.54, 1.807) is 18.2 Å². The Hall–Kier alpha value is -1.88. The summed E-state index contributed by atoms with van der Waals surface area (Å²) >= 11 is 0. The van der Waals surface area contributed by atoms with Crippen LogP contribution in [0.15, 0.2) is 24.3 Å². The van der Waals surface area contributed by atoms with Crippen LogP contribution in [-0.4, -0.2) is 30.1 Å². The first-order valence-corrected chi connectivity index (χ1v) is 6.95. The van der Waals surface area contributed by atoms with Crippen LogP contribution >= 0.6 is 0 Å². The van der Waals surface area contributed by atoms with Crippen LogP contribution in [0.25, 0.3) is 0 Å². The van der Waals surface area contributed by atoms with Gasteiger partial charge in [0.05, 0.1) is 5.56 Å². The number of hydrogen-bond donors (Lipinski definition) is 3. The quantitative estimate of drug-likeness (QED) is 0.759. The zero-order valence-electron chi connectivity index (χ0n) is 11.4. The van der Waals surface area contributed by atoms with Crippen LogP contribution in [0.1, 0.15) is 35.2 Å². The molecule has 1 aromatic rings. The van der Waals surface area contributed by atoms with E-state index in [4.69, 9.17) is 5.11 Å². The number of benzene rings is 1. The van der Waals surface area contributed by atoms with Gasteiger partial charge < -0.3 is 15.7 Å². The van der Waals surface area contributed by atoms with Crippen LogP contribution in [0.5, 0.6) is 0 Å². The van der Waals surface area contributed by atoms with E-state index in [0.29, 0.717) is 18.9 Å². The zero-order valence-corrected chi connectivity index (χ0v) is 11.4. The molecular weight excluding hydrogens is 256 g/mol. The van der Waals surface area contributed by atoms with Crippen molar-refractivity contribution in [3.8, 4) is 0 Å². The van der Waals surface area contributed by atoms with Gasteiger partial charge >= 0.3 is 5.97 Å². The number of aromatic carboxylic acids is 1. The van der Waals surface area contributed by atoms with Gasteiger partial charge in [-0.3, -0.25) is 4.79 Å². The molecule has 0 aromatic heterocycles. The van der Waals surface area contributed by atoms with Gasteiger partial charge in [-0.05, 0) is 49.5 Å². The summed E-state index contributed by atoms with van der Waals surface area (Å²) in [5, 5.41) is 15.1. The second-order valence-electron chi connectivity index (χ2n) is 5.20. The van der Waals surface area contributed by atoms with Crippen LogP contribution in [0.4, 0.5) is 0 Å². The third-order valence-corrected chi connectivity index (χ3v) is 3.54. The minimum absolute atomic E-state index is 0.0272. The fourth-order valence-corrected chi connectivity index (χ4v) is 2.45. The molecule has 1 aromatic carbocycles. The third-order valence-electron chi connectivity index (χ3n) is 3.54. The Morgan fingerprint density at radius 2 is 2.25 bits per heavy atom. The van der Waals surface area contributed by atoms with Gasteiger partial charge in [0, 0.05) is 13.0 Å². The second kappa shape index (κ2) is 7.05. The zero-order chi connectivity index (χ0) is 14.4. The van der Waals surface area contributed by atoms with Crippen LogP contribution in [0, 0.1) is 5.92 Å². The molecule has 20 heavy (non-hydrogen) atoms. The Bertz CT molecular complexity index is 482. The molecule has 5 heteroatoms. The summed E-state index contributed by atoms with van der Waals surface area (Å²) in [4.78, 5) is 22.7. The highest BCUT2D eigenvalue weighted by Crippen LogP contribution is 2.13. The smallest absolute Gasteiger partial charge is 0.335 e. The summed E-state index contributed by atoms with van der Waals surface area (Å²) in [7, 11) is 0. The van der Waals surface area contributed by atoms with Gasteiger partial charge in [-0.2, -0.15) is 0 Å². The lowest BCUT2D eigenvalue weighted by atomic mass is 9.96. The van der Waals surface area contributed by atoms with E-state index in [1.807, 2.05) is 6.07 Å². The Morgan fingerprint density at radius 3 is 2.95 bits per heavy atom. The molecule has 1 fully saturated rings. The van der Waals surface area contributed by atoms with E-state index < -0.39 is 5.97 Å². The SMILES string of the molecule is O=C(CC1CCCNC1)NCc1cccc(C(=O)O)c1. The average Bonchev–Trinajstić information content (AvgIpc) is 2.46. The molecule has 3 N–H and O–H groups in total. The lowest BCUT2D eigenvalue weighted by Crippen LogP contribution is -2.34. The molecule has 1 atom stereocenters. The maximum absolute atomic E-state index is 11.8. The highest BCUT2D eigenvalue weighted by molar-refractivity contribution is 5.87. The number of carbonyl (C=O) groups is 2. The summed E-state index contributed by atoms with van der Waals surface area (Å²) in [6.45, 7) is 2.32. The third kappa shape index (κ3) is 4.35. The summed E-state index contributed by atoms with van der Waals surface area (Å²) in [6, 6.07) is 6.64. The van der Waals surface area contributed by atoms with Gasteiger partial charge in [0.15, 0.2) is 0 Å². The fourth-order valence-electron chi connectivity index (χ4n) is 2.45. The van der Waals surface area contributed by atoms with Gasteiger partial charge in [-0.25, -0.2) is 4.79 Å². The van der Waals surface area contributed by atoms with Crippen LogP contribution in [0.3, 0.4) is 0 Å². The van der Waals surface area contributed by atoms with Gasteiger partial charge in [0.1, 0.15) is 0 Å². The number of carboxylic acid groups (broad SMARTS) is 1. The molecular formula is C15H20N2O3. The first kappa shape index (κ1) is 14.5. The molecule has 0 spiro atoms. The number of amides is 1. The molecule has 1 aliphatic rings. The van der Waals surface area contributed by atoms with Crippen molar-refractivity contribution >= 4 is 11.9 Å². The molecule has 0 saturated carbocycles. The molecule has 0 bridgehead atoms. The van der Waals surface area contributed by atoms with Gasteiger partial charge in [0.2, 0.25) is 5.91 Å². The second-order valence-corrected chi connectivity index (χ2v) is 5.20. The maximum Gasteiger partial charge on any atom is 0.335 e. The Labute approximate surface area is 118 Å². The van der Waals surface area contributed by atoms with Crippen molar-refractivity contribution in [3.05, 3.63) is 35.4 Å². The van der Waals surface area contributed by atoms with Crippen molar-refractivity contribution in [1.29, 1.82) is 0 Å². The first-order valence-electron chi connectivity index (χ1n) is 6.95. The molecule has 2 rings (SSSR count). The molecule has 1 amide bonds. The number of carbonyl (C=O) groups excluding carboxylic acids is 1. The lowest BCUT2D eigenvalue weighted by Gasteiger charge is -2.22. The average molecular weight is 276 g/mol. The Balaban J connectivity index is 1.80. The van der Waals surface area contributed by atoms with Gasteiger partial charge in [-0.1, -0.05) is 12.1 Å². The first-order chi connectivity index (χ1) is 9.65. The minimum Gasteiger partial charge on any atom is -0.478 e. The van der Waals surface area contributed by atoms with Gasteiger partial charge in [-0.15, -0.1) is 0 Å². The highest BCUT2D eigenvalue weighted by Gasteiger charge is 2.16. The largest absolute Gasteiger partial charge is 0.478 e. The summed E-state index contributed by atoms with van der Waals surface area (Å²) in [5.74, 6) is -0.514. The maximum atomic E-state index is 11.8.